The number of hydrogen-bond acceptors (Lipinski definition) is 3. The Morgan fingerprint density at radius 2 is 1.80 bits per heavy atom. The van der Waals surface area contributed by atoms with E-state index in [9.17, 15) is 10.1 Å². The van der Waals surface area contributed by atoms with Crippen LogP contribution in [0.25, 0.3) is 6.08 Å². The van der Waals surface area contributed by atoms with Crippen LogP contribution < -0.4 is 4.74 Å². The Kier molecular flexibility index (Phi) is 3.28. The first-order valence-corrected chi connectivity index (χ1v) is 6.81. The van der Waals surface area contributed by atoms with Gasteiger partial charge in [0.1, 0.15) is 5.75 Å². The number of hydrogen-bond donors (Lipinski definition) is 0. The van der Waals surface area contributed by atoms with Crippen molar-refractivity contribution in [3.05, 3.63) is 79.9 Å². The second-order valence-corrected chi connectivity index (χ2v) is 5.33. The monoisotopic (exact) mass is 331 g/mol. The number of benzene rings is 2. The fourth-order valence-corrected chi connectivity index (χ4v) is 2.42. The lowest BCUT2D eigenvalue weighted by atomic mass is 10.0. The van der Waals surface area contributed by atoms with Gasteiger partial charge in [-0.05, 0) is 18.2 Å². The normalized spacial score (nSPS) is 16.9. The van der Waals surface area contributed by atoms with Gasteiger partial charge in [-0.1, -0.05) is 46.3 Å². The Morgan fingerprint density at radius 3 is 2.50 bits per heavy atom. The van der Waals surface area contributed by atoms with Gasteiger partial charge in [-0.3, -0.25) is 10.1 Å². The van der Waals surface area contributed by atoms with E-state index in [1.54, 1.807) is 12.1 Å². The van der Waals surface area contributed by atoms with Crippen LogP contribution in [-0.4, -0.2) is 4.92 Å². The molecule has 0 radical (unpaired) electrons. The number of nitrogens with zero attached hydrogens (tertiary/aromatic N) is 1. The van der Waals surface area contributed by atoms with Gasteiger partial charge in [0.05, 0.1) is 4.92 Å². The Balaban J connectivity index is 2.08. The Bertz CT molecular complexity index is 695. The highest BCUT2D eigenvalue weighted by atomic mass is 79.9. The van der Waals surface area contributed by atoms with Crippen molar-refractivity contribution in [3.8, 4) is 5.75 Å². The van der Waals surface area contributed by atoms with Crippen LogP contribution in [0.5, 0.6) is 5.75 Å². The smallest absolute Gasteiger partial charge is 0.291 e. The lowest BCUT2D eigenvalue weighted by Crippen LogP contribution is -2.19. The second-order valence-electron chi connectivity index (χ2n) is 4.41. The number of ether oxygens (including phenoxy) is 1. The van der Waals surface area contributed by atoms with E-state index in [0.29, 0.717) is 5.75 Å². The second kappa shape index (κ2) is 5.09. The molecule has 1 aliphatic heterocycles. The van der Waals surface area contributed by atoms with Gasteiger partial charge in [0.2, 0.25) is 6.10 Å². The average molecular weight is 332 g/mol. The highest BCUT2D eigenvalue weighted by molar-refractivity contribution is 9.10. The third-order valence-electron chi connectivity index (χ3n) is 3.12. The van der Waals surface area contributed by atoms with Crippen molar-refractivity contribution in [2.45, 2.75) is 6.10 Å². The van der Waals surface area contributed by atoms with Gasteiger partial charge in [0.25, 0.3) is 5.70 Å². The minimum Gasteiger partial charge on any atom is -0.474 e. The van der Waals surface area contributed by atoms with Crippen molar-refractivity contribution in [2.24, 2.45) is 0 Å². The van der Waals surface area contributed by atoms with Crippen LogP contribution in [0.15, 0.2) is 58.7 Å². The van der Waals surface area contributed by atoms with Crippen molar-refractivity contribution in [1.29, 1.82) is 0 Å². The molecule has 5 heteroatoms. The van der Waals surface area contributed by atoms with Crippen LogP contribution in [0.3, 0.4) is 0 Å². The first kappa shape index (κ1) is 12.9. The lowest BCUT2D eigenvalue weighted by Gasteiger charge is -2.22. The van der Waals surface area contributed by atoms with E-state index in [1.165, 1.54) is 0 Å². The van der Waals surface area contributed by atoms with Gasteiger partial charge < -0.3 is 4.74 Å². The van der Waals surface area contributed by atoms with Crippen molar-refractivity contribution in [1.82, 2.24) is 0 Å². The molecule has 0 fully saturated rings. The highest BCUT2D eigenvalue weighted by Gasteiger charge is 2.32. The summed E-state index contributed by atoms with van der Waals surface area (Å²) in [6, 6.07) is 14.6. The quantitative estimate of drug-likeness (QED) is 0.612. The summed E-state index contributed by atoms with van der Waals surface area (Å²) >= 11 is 3.35. The zero-order valence-electron chi connectivity index (χ0n) is 10.3. The molecule has 1 atom stereocenters. The van der Waals surface area contributed by atoms with E-state index in [4.69, 9.17) is 4.74 Å². The summed E-state index contributed by atoms with van der Waals surface area (Å²) in [4.78, 5) is 10.9. The minimum atomic E-state index is -0.687. The maximum Gasteiger partial charge on any atom is 0.291 e. The molecule has 100 valence electrons. The molecule has 0 unspecified atom stereocenters. The molecule has 2 aromatic carbocycles. The fourth-order valence-electron chi connectivity index (χ4n) is 2.15. The van der Waals surface area contributed by atoms with Gasteiger partial charge in [0.15, 0.2) is 0 Å². The Hall–Kier alpha value is -2.14. The van der Waals surface area contributed by atoms with E-state index in [0.717, 1.165) is 15.6 Å². The van der Waals surface area contributed by atoms with E-state index < -0.39 is 6.10 Å². The predicted octanol–water partition coefficient (Wildman–Crippen LogP) is 4.20. The van der Waals surface area contributed by atoms with Crippen molar-refractivity contribution < 1.29 is 9.66 Å². The molecule has 0 aromatic heterocycles. The third kappa shape index (κ3) is 2.32. The van der Waals surface area contributed by atoms with E-state index >= 15 is 0 Å². The molecule has 0 N–H and O–H groups in total. The van der Waals surface area contributed by atoms with Gasteiger partial charge in [-0.15, -0.1) is 0 Å². The van der Waals surface area contributed by atoms with Gasteiger partial charge in [-0.25, -0.2) is 0 Å². The minimum absolute atomic E-state index is 0.0472. The maximum absolute atomic E-state index is 11.3. The van der Waals surface area contributed by atoms with Gasteiger partial charge >= 0.3 is 0 Å². The molecule has 20 heavy (non-hydrogen) atoms. The number of para-hydroxylation sites is 1. The number of nitro groups is 1. The molecule has 2 aromatic rings. The van der Waals surface area contributed by atoms with Crippen LogP contribution in [0, 0.1) is 10.1 Å². The Labute approximate surface area is 124 Å². The molecular formula is C15H10BrNO3. The van der Waals surface area contributed by atoms with Crippen molar-refractivity contribution in [2.75, 3.05) is 0 Å². The summed E-state index contributed by atoms with van der Waals surface area (Å²) in [5.41, 5.74) is 1.53. The number of halogens is 1. The number of rotatable bonds is 2. The average Bonchev–Trinajstić information content (AvgIpc) is 2.46. The molecule has 0 bridgehead atoms. The van der Waals surface area contributed by atoms with Crippen LogP contribution in [0.2, 0.25) is 0 Å². The van der Waals surface area contributed by atoms with Crippen LogP contribution in [0.1, 0.15) is 17.2 Å². The first-order valence-electron chi connectivity index (χ1n) is 6.02. The molecule has 0 aliphatic carbocycles. The van der Waals surface area contributed by atoms with Crippen LogP contribution >= 0.6 is 15.9 Å². The summed E-state index contributed by atoms with van der Waals surface area (Å²) in [7, 11) is 0. The highest BCUT2D eigenvalue weighted by Crippen LogP contribution is 2.37. The molecule has 0 saturated heterocycles. The largest absolute Gasteiger partial charge is 0.474 e. The van der Waals surface area contributed by atoms with Gasteiger partial charge in [-0.2, -0.15) is 0 Å². The lowest BCUT2D eigenvalue weighted by molar-refractivity contribution is -0.434. The summed E-state index contributed by atoms with van der Waals surface area (Å²) in [5.74, 6) is 0.658. The molecule has 4 nitrogen and oxygen atoms in total. The molecule has 3 rings (SSSR count). The molecule has 1 aliphatic rings. The zero-order valence-corrected chi connectivity index (χ0v) is 11.9. The molecule has 0 saturated carbocycles. The van der Waals surface area contributed by atoms with E-state index in [2.05, 4.69) is 15.9 Å². The summed E-state index contributed by atoms with van der Waals surface area (Å²) in [6.07, 6.45) is 0.888. The van der Waals surface area contributed by atoms with Gasteiger partial charge in [0, 0.05) is 21.7 Å². The zero-order chi connectivity index (χ0) is 14.1. The fraction of sp³-hybridized carbons (Fsp3) is 0.0667. The third-order valence-corrected chi connectivity index (χ3v) is 3.65. The van der Waals surface area contributed by atoms with Crippen LogP contribution in [-0.2, 0) is 0 Å². The molecular weight excluding hydrogens is 322 g/mol. The molecule has 1 heterocycles. The van der Waals surface area contributed by atoms with E-state index in [-0.39, 0.29) is 10.6 Å². The topological polar surface area (TPSA) is 52.4 Å². The van der Waals surface area contributed by atoms with E-state index in [1.807, 2.05) is 42.5 Å². The summed E-state index contributed by atoms with van der Waals surface area (Å²) in [6.45, 7) is 0. The van der Waals surface area contributed by atoms with Crippen molar-refractivity contribution >= 4 is 22.0 Å². The van der Waals surface area contributed by atoms with Crippen molar-refractivity contribution in [3.63, 3.8) is 0 Å². The molecule has 0 amide bonds. The maximum atomic E-state index is 11.3. The predicted molar refractivity (Wildman–Crippen MR) is 78.9 cm³/mol. The molecule has 0 spiro atoms. The standard InChI is InChI=1S/C15H10BrNO3/c16-12-7-5-10(6-8-12)15-13(17(18)19)9-11-3-1-2-4-14(11)20-15/h1-9,15H/t15-/m1/s1. The van der Waals surface area contributed by atoms with Crippen LogP contribution in [0.4, 0.5) is 0 Å². The SMILES string of the molecule is O=[N+]([O-])C1=Cc2ccccc2O[C@@H]1c1ccc(Br)cc1. The summed E-state index contributed by atoms with van der Waals surface area (Å²) < 4.78 is 6.73. The first-order chi connectivity index (χ1) is 9.65. The summed E-state index contributed by atoms with van der Waals surface area (Å²) in [5, 5.41) is 11.3. The number of fused-ring (bicyclic) bond motifs is 1. The Morgan fingerprint density at radius 1 is 1.10 bits per heavy atom.